The molecule has 0 saturated carbocycles. The van der Waals surface area contributed by atoms with Gasteiger partial charge in [0.2, 0.25) is 11.8 Å². The van der Waals surface area contributed by atoms with E-state index in [0.717, 1.165) is 24.3 Å². The number of carbonyl (C=O) groups excluding carboxylic acids is 2. The second-order valence-corrected chi connectivity index (χ2v) is 7.99. The number of aromatic nitrogens is 4. The van der Waals surface area contributed by atoms with Crippen molar-refractivity contribution in [1.29, 1.82) is 0 Å². The Morgan fingerprint density at radius 1 is 1.19 bits per heavy atom. The van der Waals surface area contributed by atoms with Crippen molar-refractivity contribution in [2.75, 3.05) is 53.9 Å². The van der Waals surface area contributed by atoms with Gasteiger partial charge < -0.3 is 14.5 Å². The number of tetrazole rings is 1. The van der Waals surface area contributed by atoms with E-state index in [2.05, 4.69) is 20.4 Å². The highest BCUT2D eigenvalue weighted by Gasteiger charge is 2.30. The number of ether oxygens (including phenoxy) is 1. The highest BCUT2D eigenvalue weighted by Crippen LogP contribution is 2.21. The van der Waals surface area contributed by atoms with Crippen LogP contribution in [0.5, 0.6) is 5.75 Å². The van der Waals surface area contributed by atoms with Crippen LogP contribution in [0.4, 0.5) is 0 Å². The zero-order valence-electron chi connectivity index (χ0n) is 18.7. The molecule has 1 fully saturated rings. The summed E-state index contributed by atoms with van der Waals surface area (Å²) in [5.41, 5.74) is 0.973. The molecule has 1 aromatic heterocycles. The fourth-order valence-electron chi connectivity index (χ4n) is 3.72. The Kier molecular flexibility index (Phi) is 7.56. The quantitative estimate of drug-likeness (QED) is 0.628. The van der Waals surface area contributed by atoms with Crippen molar-refractivity contribution in [3.05, 3.63) is 35.7 Å². The fourth-order valence-corrected chi connectivity index (χ4v) is 3.72. The number of nitrogens with zero attached hydrogens (tertiary/aromatic N) is 7. The van der Waals surface area contributed by atoms with Crippen LogP contribution in [-0.2, 0) is 16.0 Å². The zero-order chi connectivity index (χ0) is 22.4. The van der Waals surface area contributed by atoms with Crippen LogP contribution in [0.2, 0.25) is 0 Å². The minimum absolute atomic E-state index is 0.0148. The third-order valence-corrected chi connectivity index (χ3v) is 5.56. The molecule has 1 atom stereocenters. The summed E-state index contributed by atoms with van der Waals surface area (Å²) in [5.74, 6) is 1.39. The summed E-state index contributed by atoms with van der Waals surface area (Å²) in [5, 5.41) is 11.8. The van der Waals surface area contributed by atoms with Crippen LogP contribution < -0.4 is 4.74 Å². The molecular formula is C21H31N7O3. The molecule has 10 nitrogen and oxygen atoms in total. The molecule has 10 heteroatoms. The molecule has 1 aliphatic heterocycles. The van der Waals surface area contributed by atoms with Crippen molar-refractivity contribution < 1.29 is 14.3 Å². The predicted octanol–water partition coefficient (Wildman–Crippen LogP) is 0.396. The SMILES string of the molecule is COc1cccc(CC(C(=O)N2CCCN(CC(=O)N(C)C)CC2)n2nnnc2C)c1. The molecule has 0 N–H and O–H groups in total. The van der Waals surface area contributed by atoms with Crippen molar-refractivity contribution in [3.8, 4) is 5.75 Å². The van der Waals surface area contributed by atoms with Crippen LogP contribution in [0.3, 0.4) is 0 Å². The summed E-state index contributed by atoms with van der Waals surface area (Å²) < 4.78 is 6.92. The van der Waals surface area contributed by atoms with Crippen LogP contribution in [0.25, 0.3) is 0 Å². The lowest BCUT2D eigenvalue weighted by molar-refractivity contribution is -0.135. The predicted molar refractivity (Wildman–Crippen MR) is 115 cm³/mol. The summed E-state index contributed by atoms with van der Waals surface area (Å²) in [4.78, 5) is 31.2. The molecule has 31 heavy (non-hydrogen) atoms. The van der Waals surface area contributed by atoms with Gasteiger partial charge in [0, 0.05) is 46.7 Å². The highest BCUT2D eigenvalue weighted by atomic mass is 16.5. The Labute approximate surface area is 182 Å². The van der Waals surface area contributed by atoms with Gasteiger partial charge in [-0.3, -0.25) is 14.5 Å². The first-order valence-electron chi connectivity index (χ1n) is 10.5. The summed E-state index contributed by atoms with van der Waals surface area (Å²) in [6.07, 6.45) is 1.27. The average molecular weight is 430 g/mol. The largest absolute Gasteiger partial charge is 0.497 e. The first-order valence-corrected chi connectivity index (χ1v) is 10.5. The molecule has 0 bridgehead atoms. The normalized spacial score (nSPS) is 15.9. The minimum Gasteiger partial charge on any atom is -0.497 e. The maximum Gasteiger partial charge on any atom is 0.247 e. The molecule has 2 heterocycles. The molecule has 1 aliphatic rings. The van der Waals surface area contributed by atoms with Crippen molar-refractivity contribution in [3.63, 3.8) is 0 Å². The van der Waals surface area contributed by atoms with E-state index in [1.165, 1.54) is 0 Å². The smallest absolute Gasteiger partial charge is 0.247 e. The number of benzene rings is 1. The Morgan fingerprint density at radius 2 is 2.00 bits per heavy atom. The Balaban J connectivity index is 1.75. The summed E-state index contributed by atoms with van der Waals surface area (Å²) in [7, 11) is 5.14. The topological polar surface area (TPSA) is 96.7 Å². The number of rotatable bonds is 7. The molecule has 0 spiro atoms. The monoisotopic (exact) mass is 429 g/mol. The molecule has 1 unspecified atom stereocenters. The van der Waals surface area contributed by atoms with Gasteiger partial charge in [0.25, 0.3) is 0 Å². The number of hydrogen-bond donors (Lipinski definition) is 0. The number of likely N-dealkylation sites (N-methyl/N-ethyl adjacent to an activating group) is 1. The molecule has 2 amide bonds. The molecule has 1 aromatic carbocycles. The number of aryl methyl sites for hydroxylation is 1. The molecular weight excluding hydrogens is 398 g/mol. The van der Waals surface area contributed by atoms with Crippen LogP contribution in [0.1, 0.15) is 23.9 Å². The maximum absolute atomic E-state index is 13.6. The standard InChI is InChI=1S/C21H31N7O3/c1-16-22-23-24-28(16)19(14-17-7-5-8-18(13-17)31-4)21(30)27-10-6-9-26(11-12-27)15-20(29)25(2)3/h5,7-8,13,19H,6,9-12,14-15H2,1-4H3. The Hall–Kier alpha value is -3.01. The molecule has 1 saturated heterocycles. The van der Waals surface area contributed by atoms with E-state index in [1.807, 2.05) is 29.2 Å². The fraction of sp³-hybridized carbons (Fsp3) is 0.571. The molecule has 0 aliphatic carbocycles. The van der Waals surface area contributed by atoms with E-state index in [4.69, 9.17) is 4.74 Å². The lowest BCUT2D eigenvalue weighted by atomic mass is 10.0. The highest BCUT2D eigenvalue weighted by molar-refractivity contribution is 5.81. The average Bonchev–Trinajstić information content (AvgIpc) is 3.04. The molecule has 2 aromatic rings. The van der Waals surface area contributed by atoms with Gasteiger partial charge in [0.15, 0.2) is 0 Å². The summed E-state index contributed by atoms with van der Waals surface area (Å²) in [6.45, 7) is 4.81. The van der Waals surface area contributed by atoms with E-state index >= 15 is 0 Å². The maximum atomic E-state index is 13.6. The summed E-state index contributed by atoms with van der Waals surface area (Å²) in [6, 6.07) is 7.14. The number of hydrogen-bond acceptors (Lipinski definition) is 7. The summed E-state index contributed by atoms with van der Waals surface area (Å²) >= 11 is 0. The van der Waals surface area contributed by atoms with Gasteiger partial charge in [0.1, 0.15) is 17.6 Å². The van der Waals surface area contributed by atoms with Crippen molar-refractivity contribution >= 4 is 11.8 Å². The first kappa shape index (κ1) is 22.7. The van der Waals surface area contributed by atoms with Crippen molar-refractivity contribution in [2.24, 2.45) is 0 Å². The van der Waals surface area contributed by atoms with Gasteiger partial charge >= 0.3 is 0 Å². The van der Waals surface area contributed by atoms with Crippen LogP contribution in [0, 0.1) is 6.92 Å². The van der Waals surface area contributed by atoms with Gasteiger partial charge in [-0.2, -0.15) is 0 Å². The van der Waals surface area contributed by atoms with E-state index in [1.54, 1.807) is 37.7 Å². The lowest BCUT2D eigenvalue weighted by Gasteiger charge is -2.27. The van der Waals surface area contributed by atoms with Gasteiger partial charge in [0.05, 0.1) is 13.7 Å². The van der Waals surface area contributed by atoms with Gasteiger partial charge in [-0.25, -0.2) is 4.68 Å². The van der Waals surface area contributed by atoms with Crippen LogP contribution >= 0.6 is 0 Å². The number of methoxy groups -OCH3 is 1. The van der Waals surface area contributed by atoms with E-state index < -0.39 is 6.04 Å². The van der Waals surface area contributed by atoms with Crippen molar-refractivity contribution in [2.45, 2.75) is 25.8 Å². The Morgan fingerprint density at radius 3 is 2.68 bits per heavy atom. The zero-order valence-corrected chi connectivity index (χ0v) is 18.7. The lowest BCUT2D eigenvalue weighted by Crippen LogP contribution is -2.42. The Bertz CT molecular complexity index is 899. The van der Waals surface area contributed by atoms with Crippen LogP contribution in [0.15, 0.2) is 24.3 Å². The second kappa shape index (κ2) is 10.3. The molecule has 168 valence electrons. The minimum atomic E-state index is -0.544. The molecule has 0 radical (unpaired) electrons. The van der Waals surface area contributed by atoms with Gasteiger partial charge in [-0.1, -0.05) is 12.1 Å². The third-order valence-electron chi connectivity index (χ3n) is 5.56. The van der Waals surface area contributed by atoms with E-state index in [9.17, 15) is 9.59 Å². The van der Waals surface area contributed by atoms with Crippen LogP contribution in [-0.4, -0.2) is 101 Å². The first-order chi connectivity index (χ1) is 14.9. The molecule has 3 rings (SSSR count). The van der Waals surface area contributed by atoms with E-state index in [-0.39, 0.29) is 11.8 Å². The number of carbonyl (C=O) groups is 2. The van der Waals surface area contributed by atoms with E-state index in [0.29, 0.717) is 38.4 Å². The third kappa shape index (κ3) is 5.78. The van der Waals surface area contributed by atoms with Crippen molar-refractivity contribution in [1.82, 2.24) is 34.9 Å². The van der Waals surface area contributed by atoms with Gasteiger partial charge in [-0.05, 0) is 41.5 Å². The number of amides is 2. The second-order valence-electron chi connectivity index (χ2n) is 7.99. The van der Waals surface area contributed by atoms with Gasteiger partial charge in [-0.15, -0.1) is 5.10 Å².